The molecule has 39 heavy (non-hydrogen) atoms. The molecule has 1 heterocycles. The van der Waals surface area contributed by atoms with Gasteiger partial charge in [0.2, 0.25) is 0 Å². The molecule has 0 aromatic heterocycles. The number of para-hydroxylation sites is 1. The minimum Gasteiger partial charge on any atom is -0.507 e. The Morgan fingerprint density at radius 3 is 2.28 bits per heavy atom. The normalized spacial score (nSPS) is 15.3. The number of carbonyl (C=O) groups excluding carboxylic acids is 3. The number of halogens is 1. The van der Waals surface area contributed by atoms with Crippen LogP contribution in [0.1, 0.15) is 10.4 Å². The van der Waals surface area contributed by atoms with E-state index in [1.165, 1.54) is 12.1 Å². The molecule has 1 unspecified atom stereocenters. The highest BCUT2D eigenvalue weighted by Gasteiger charge is 2.42. The van der Waals surface area contributed by atoms with Crippen LogP contribution in [0.5, 0.6) is 5.75 Å². The first-order chi connectivity index (χ1) is 18.8. The molecule has 0 spiro atoms. The summed E-state index contributed by atoms with van der Waals surface area (Å²) in [6.45, 7) is 0. The molecule has 5 rings (SSSR count). The van der Waals surface area contributed by atoms with E-state index in [2.05, 4.69) is 20.9 Å². The van der Waals surface area contributed by atoms with Crippen LogP contribution in [-0.2, 0) is 9.59 Å². The second-order valence-corrected chi connectivity index (χ2v) is 9.00. The fraction of sp³-hybridized carbons (Fsp3) is 0.0357. The Morgan fingerprint density at radius 2 is 1.59 bits per heavy atom. The van der Waals surface area contributed by atoms with Crippen molar-refractivity contribution in [2.45, 2.75) is 0 Å². The van der Waals surface area contributed by atoms with Crippen molar-refractivity contribution in [3.8, 4) is 5.75 Å². The Kier molecular flexibility index (Phi) is 6.94. The van der Waals surface area contributed by atoms with E-state index in [0.29, 0.717) is 21.8 Å². The predicted octanol–water partition coefficient (Wildman–Crippen LogP) is 3.86. The highest BCUT2D eigenvalue weighted by molar-refractivity contribution is 6.52. The Bertz CT molecular complexity index is 1650. The number of hydrazone groups is 2. The van der Waals surface area contributed by atoms with Crippen LogP contribution in [0.25, 0.3) is 10.8 Å². The first-order valence-electron chi connectivity index (χ1n) is 11.7. The molecule has 194 valence electrons. The SMILES string of the molecule is NC1=NN(c2ccccc2)C(=O)C1/C(=N\NC(=O)c1cc2ccccc2cc1O)C(=O)Nc1ccc(Cl)cc1. The van der Waals surface area contributed by atoms with Crippen molar-refractivity contribution in [1.29, 1.82) is 0 Å². The summed E-state index contributed by atoms with van der Waals surface area (Å²) >= 11 is 5.93. The monoisotopic (exact) mass is 540 g/mol. The number of fused-ring (bicyclic) bond motifs is 1. The maximum Gasteiger partial charge on any atom is 0.275 e. The highest BCUT2D eigenvalue weighted by Crippen LogP contribution is 2.26. The number of hydrogen-bond acceptors (Lipinski definition) is 7. The molecule has 0 saturated heterocycles. The Labute approximate surface area is 227 Å². The van der Waals surface area contributed by atoms with E-state index in [1.807, 2.05) is 0 Å². The number of amidine groups is 1. The van der Waals surface area contributed by atoms with Crippen molar-refractivity contribution in [3.63, 3.8) is 0 Å². The maximum absolute atomic E-state index is 13.4. The van der Waals surface area contributed by atoms with E-state index >= 15 is 0 Å². The lowest BCUT2D eigenvalue weighted by atomic mass is 10.0. The van der Waals surface area contributed by atoms with Crippen molar-refractivity contribution in [2.24, 2.45) is 21.9 Å². The summed E-state index contributed by atoms with van der Waals surface area (Å²) in [5.41, 5.74) is 8.73. The first-order valence-corrected chi connectivity index (χ1v) is 12.1. The zero-order valence-corrected chi connectivity index (χ0v) is 21.0. The van der Waals surface area contributed by atoms with E-state index in [4.69, 9.17) is 17.3 Å². The van der Waals surface area contributed by atoms with Gasteiger partial charge in [-0.25, -0.2) is 5.43 Å². The molecule has 3 amide bonds. The van der Waals surface area contributed by atoms with Crippen molar-refractivity contribution in [3.05, 3.63) is 102 Å². The fourth-order valence-corrected chi connectivity index (χ4v) is 4.16. The standard InChI is InChI=1S/C28H21ClN6O4/c29-18-10-12-19(13-11-18)31-27(38)24(23-25(30)34-35(28(23)39)20-8-2-1-3-9-20)32-33-26(37)21-14-16-6-4-5-7-17(16)15-22(21)36/h1-15,23,36H,(H2,30,34)(H,31,38)(H,33,37)/b32-24+. The molecule has 1 atom stereocenters. The smallest absolute Gasteiger partial charge is 0.275 e. The number of amides is 3. The Balaban J connectivity index is 1.48. The molecular weight excluding hydrogens is 520 g/mol. The summed E-state index contributed by atoms with van der Waals surface area (Å²) in [7, 11) is 0. The zero-order valence-electron chi connectivity index (χ0n) is 20.2. The van der Waals surface area contributed by atoms with Gasteiger partial charge in [0.15, 0.2) is 0 Å². The summed E-state index contributed by atoms with van der Waals surface area (Å²) in [5, 5.41) is 24.2. The molecule has 4 aromatic carbocycles. The van der Waals surface area contributed by atoms with Crippen LogP contribution in [0.4, 0.5) is 11.4 Å². The molecule has 10 nitrogen and oxygen atoms in total. The summed E-state index contributed by atoms with van der Waals surface area (Å²) in [4.78, 5) is 39.7. The van der Waals surface area contributed by atoms with E-state index in [-0.39, 0.29) is 17.1 Å². The van der Waals surface area contributed by atoms with Crippen LogP contribution >= 0.6 is 11.6 Å². The van der Waals surface area contributed by atoms with E-state index in [0.717, 1.165) is 10.4 Å². The molecule has 0 aliphatic carbocycles. The molecule has 0 saturated carbocycles. The summed E-state index contributed by atoms with van der Waals surface area (Å²) in [5.74, 6) is -4.07. The summed E-state index contributed by atoms with van der Waals surface area (Å²) < 4.78 is 0. The molecule has 0 bridgehead atoms. The quantitative estimate of drug-likeness (QED) is 0.216. The molecule has 1 aliphatic heterocycles. The first kappa shape index (κ1) is 25.4. The van der Waals surface area contributed by atoms with Gasteiger partial charge in [0.1, 0.15) is 23.2 Å². The number of rotatable bonds is 6. The lowest BCUT2D eigenvalue weighted by Gasteiger charge is -2.16. The van der Waals surface area contributed by atoms with Gasteiger partial charge in [0.25, 0.3) is 17.7 Å². The van der Waals surface area contributed by atoms with Crippen LogP contribution < -0.4 is 21.5 Å². The Hall–Kier alpha value is -5.22. The average molecular weight is 541 g/mol. The van der Waals surface area contributed by atoms with E-state index in [1.54, 1.807) is 78.9 Å². The van der Waals surface area contributed by atoms with Crippen LogP contribution in [0, 0.1) is 5.92 Å². The topological polar surface area (TPSA) is 149 Å². The summed E-state index contributed by atoms with van der Waals surface area (Å²) in [6.07, 6.45) is 0. The van der Waals surface area contributed by atoms with Gasteiger partial charge in [-0.2, -0.15) is 15.2 Å². The van der Waals surface area contributed by atoms with Gasteiger partial charge in [0, 0.05) is 10.7 Å². The lowest BCUT2D eigenvalue weighted by molar-refractivity contribution is -0.119. The number of nitrogens with two attached hydrogens (primary N) is 1. The molecule has 4 aromatic rings. The molecule has 0 fully saturated rings. The van der Waals surface area contributed by atoms with E-state index < -0.39 is 29.4 Å². The number of hydrogen-bond donors (Lipinski definition) is 4. The van der Waals surface area contributed by atoms with E-state index in [9.17, 15) is 19.5 Å². The number of aromatic hydroxyl groups is 1. The number of nitrogens with one attached hydrogen (secondary N) is 2. The van der Waals surface area contributed by atoms with Gasteiger partial charge < -0.3 is 16.2 Å². The van der Waals surface area contributed by atoms with Crippen molar-refractivity contribution >= 4 is 63.0 Å². The minimum absolute atomic E-state index is 0.0693. The molecule has 0 radical (unpaired) electrons. The molecule has 1 aliphatic rings. The number of benzene rings is 4. The molecular formula is C28H21ClN6O4. The Morgan fingerprint density at radius 1 is 0.949 bits per heavy atom. The third-order valence-electron chi connectivity index (χ3n) is 5.96. The second-order valence-electron chi connectivity index (χ2n) is 8.56. The van der Waals surface area contributed by atoms with Crippen LogP contribution in [0.3, 0.4) is 0 Å². The van der Waals surface area contributed by atoms with Gasteiger partial charge >= 0.3 is 0 Å². The van der Waals surface area contributed by atoms with Crippen LogP contribution in [0.2, 0.25) is 5.02 Å². The molecule has 11 heteroatoms. The lowest BCUT2D eigenvalue weighted by Crippen LogP contribution is -2.43. The number of phenolic OH excluding ortho intramolecular Hbond substituents is 1. The number of carbonyl (C=O) groups is 3. The summed E-state index contributed by atoms with van der Waals surface area (Å²) in [6, 6.07) is 24.9. The van der Waals surface area contributed by atoms with Crippen LogP contribution in [0.15, 0.2) is 101 Å². The van der Waals surface area contributed by atoms with Gasteiger partial charge in [-0.3, -0.25) is 14.4 Å². The largest absolute Gasteiger partial charge is 0.507 e. The highest BCUT2D eigenvalue weighted by atomic mass is 35.5. The van der Waals surface area contributed by atoms with Gasteiger partial charge in [-0.1, -0.05) is 54.1 Å². The van der Waals surface area contributed by atoms with Gasteiger partial charge in [-0.05, 0) is 59.3 Å². The predicted molar refractivity (Wildman–Crippen MR) is 150 cm³/mol. The maximum atomic E-state index is 13.4. The number of phenols is 1. The van der Waals surface area contributed by atoms with Crippen LogP contribution in [-0.4, -0.2) is 34.4 Å². The second kappa shape index (κ2) is 10.6. The molecule has 5 N–H and O–H groups in total. The number of nitrogens with zero attached hydrogens (tertiary/aromatic N) is 3. The van der Waals surface area contributed by atoms with Crippen molar-refractivity contribution < 1.29 is 19.5 Å². The fourth-order valence-electron chi connectivity index (χ4n) is 4.04. The van der Waals surface area contributed by atoms with Crippen molar-refractivity contribution in [1.82, 2.24) is 5.43 Å². The van der Waals surface area contributed by atoms with Crippen molar-refractivity contribution in [2.75, 3.05) is 10.3 Å². The van der Waals surface area contributed by atoms with Gasteiger partial charge in [0.05, 0.1) is 11.3 Å². The minimum atomic E-state index is -1.39. The third kappa shape index (κ3) is 5.27. The zero-order chi connectivity index (χ0) is 27.5. The van der Waals surface area contributed by atoms with Gasteiger partial charge in [-0.15, -0.1) is 0 Å². The number of anilines is 2. The average Bonchev–Trinajstić information content (AvgIpc) is 3.23. The third-order valence-corrected chi connectivity index (χ3v) is 6.21.